The van der Waals surface area contributed by atoms with Crippen molar-refractivity contribution in [1.82, 2.24) is 4.90 Å². The van der Waals surface area contributed by atoms with Crippen LogP contribution in [0.1, 0.15) is 22.3 Å². The highest BCUT2D eigenvalue weighted by molar-refractivity contribution is 8.18. The summed E-state index contributed by atoms with van der Waals surface area (Å²) < 4.78 is 5.94. The van der Waals surface area contributed by atoms with Crippen LogP contribution >= 0.6 is 23.4 Å². The van der Waals surface area contributed by atoms with E-state index in [-0.39, 0.29) is 18.1 Å². The van der Waals surface area contributed by atoms with Crippen LogP contribution in [-0.2, 0) is 16.2 Å². The molecule has 178 valence electrons. The lowest BCUT2D eigenvalue weighted by Crippen LogP contribution is -2.36. The second-order valence-electron chi connectivity index (χ2n) is 8.00. The number of benzene rings is 3. The van der Waals surface area contributed by atoms with Crippen LogP contribution in [0.25, 0.3) is 6.08 Å². The van der Waals surface area contributed by atoms with E-state index in [1.54, 1.807) is 24.3 Å². The summed E-state index contributed by atoms with van der Waals surface area (Å²) in [6.45, 7) is 3.67. The molecular weight excluding hydrogens is 484 g/mol. The second kappa shape index (κ2) is 10.8. The Hall–Kier alpha value is -3.55. The van der Waals surface area contributed by atoms with Gasteiger partial charge in [-0.2, -0.15) is 0 Å². The number of hydrogen-bond acceptors (Lipinski definition) is 5. The van der Waals surface area contributed by atoms with Crippen LogP contribution in [-0.4, -0.2) is 28.5 Å². The first-order chi connectivity index (χ1) is 16.8. The standard InChI is InChI=1S/C27H23ClN2O4S/c1-17-8-7-9-18(2)25(17)29-24(31)15-30-26(32)23(35-27(30)33)14-19-10-4-6-13-22(19)34-16-20-11-3-5-12-21(20)28/h3-14H,15-16H2,1-2H3,(H,29,31)/b23-14+. The topological polar surface area (TPSA) is 75.7 Å². The van der Waals surface area contributed by atoms with Gasteiger partial charge in [0.15, 0.2) is 0 Å². The van der Waals surface area contributed by atoms with Gasteiger partial charge >= 0.3 is 0 Å². The number of halogens is 1. The Morgan fingerprint density at radius 3 is 2.43 bits per heavy atom. The van der Waals surface area contributed by atoms with E-state index in [9.17, 15) is 14.4 Å². The molecule has 1 fully saturated rings. The van der Waals surface area contributed by atoms with E-state index >= 15 is 0 Å². The van der Waals surface area contributed by atoms with Crippen molar-refractivity contribution < 1.29 is 19.1 Å². The molecule has 0 saturated carbocycles. The van der Waals surface area contributed by atoms with Crippen molar-refractivity contribution in [3.63, 3.8) is 0 Å². The number of aryl methyl sites for hydroxylation is 2. The molecule has 0 unspecified atom stereocenters. The van der Waals surface area contributed by atoms with Crippen LogP contribution in [0.5, 0.6) is 5.75 Å². The molecule has 0 radical (unpaired) electrons. The summed E-state index contributed by atoms with van der Waals surface area (Å²) in [6.07, 6.45) is 1.61. The van der Waals surface area contributed by atoms with Gasteiger partial charge in [-0.25, -0.2) is 0 Å². The maximum Gasteiger partial charge on any atom is 0.294 e. The van der Waals surface area contributed by atoms with Crippen LogP contribution in [0.3, 0.4) is 0 Å². The zero-order valence-electron chi connectivity index (χ0n) is 19.2. The van der Waals surface area contributed by atoms with Crippen LogP contribution in [0.15, 0.2) is 71.6 Å². The summed E-state index contributed by atoms with van der Waals surface area (Å²) in [5.41, 5.74) is 3.97. The molecule has 0 aromatic heterocycles. The molecule has 1 heterocycles. The number of nitrogens with zero attached hydrogens (tertiary/aromatic N) is 1. The van der Waals surface area contributed by atoms with Gasteiger partial charge in [-0.1, -0.05) is 66.2 Å². The first-order valence-electron chi connectivity index (χ1n) is 10.9. The number of carbonyl (C=O) groups excluding carboxylic acids is 3. The lowest BCUT2D eigenvalue weighted by Gasteiger charge is -2.15. The molecule has 1 aliphatic heterocycles. The maximum atomic E-state index is 13.0. The highest BCUT2D eigenvalue weighted by Gasteiger charge is 2.36. The predicted molar refractivity (Wildman–Crippen MR) is 139 cm³/mol. The monoisotopic (exact) mass is 506 g/mol. The molecule has 3 aromatic carbocycles. The number of anilines is 1. The highest BCUT2D eigenvalue weighted by atomic mass is 35.5. The van der Waals surface area contributed by atoms with Crippen molar-refractivity contribution in [2.75, 3.05) is 11.9 Å². The molecule has 3 amide bonds. The van der Waals surface area contributed by atoms with E-state index in [4.69, 9.17) is 16.3 Å². The van der Waals surface area contributed by atoms with Gasteiger partial charge in [0.25, 0.3) is 11.1 Å². The number of ether oxygens (including phenoxy) is 1. The van der Waals surface area contributed by atoms with Crippen molar-refractivity contribution in [2.45, 2.75) is 20.5 Å². The van der Waals surface area contributed by atoms with E-state index in [2.05, 4.69) is 5.32 Å². The Bertz CT molecular complexity index is 1320. The third kappa shape index (κ3) is 5.75. The van der Waals surface area contributed by atoms with Crippen molar-refractivity contribution >= 4 is 52.2 Å². The normalized spacial score (nSPS) is 14.5. The van der Waals surface area contributed by atoms with E-state index in [0.29, 0.717) is 22.0 Å². The minimum absolute atomic E-state index is 0.226. The second-order valence-corrected chi connectivity index (χ2v) is 9.40. The third-order valence-corrected chi connectivity index (χ3v) is 6.74. The molecule has 8 heteroatoms. The largest absolute Gasteiger partial charge is 0.488 e. The third-order valence-electron chi connectivity index (χ3n) is 5.47. The van der Waals surface area contributed by atoms with Crippen LogP contribution in [0.4, 0.5) is 10.5 Å². The lowest BCUT2D eigenvalue weighted by atomic mass is 10.1. The van der Waals surface area contributed by atoms with Gasteiger partial charge in [-0.15, -0.1) is 0 Å². The number of thioether (sulfide) groups is 1. The van der Waals surface area contributed by atoms with Crippen molar-refractivity contribution in [1.29, 1.82) is 0 Å². The van der Waals surface area contributed by atoms with Crippen LogP contribution < -0.4 is 10.1 Å². The summed E-state index contributed by atoms with van der Waals surface area (Å²) in [7, 11) is 0. The lowest BCUT2D eigenvalue weighted by molar-refractivity contribution is -0.127. The zero-order valence-corrected chi connectivity index (χ0v) is 20.8. The SMILES string of the molecule is Cc1cccc(C)c1NC(=O)CN1C(=O)S/C(=C/c2ccccc2OCc2ccccc2Cl)C1=O. The number of hydrogen-bond donors (Lipinski definition) is 1. The average Bonchev–Trinajstić information content (AvgIpc) is 3.09. The number of rotatable bonds is 7. The molecule has 1 aliphatic rings. The van der Waals surface area contributed by atoms with E-state index in [1.165, 1.54) is 0 Å². The number of carbonyl (C=O) groups is 3. The molecular formula is C27H23ClN2O4S. The first kappa shape index (κ1) is 24.6. The molecule has 0 spiro atoms. The number of amides is 3. The predicted octanol–water partition coefficient (Wildman–Crippen LogP) is 6.21. The fraction of sp³-hybridized carbons (Fsp3) is 0.148. The van der Waals surface area contributed by atoms with E-state index in [0.717, 1.165) is 33.4 Å². The summed E-state index contributed by atoms with van der Waals surface area (Å²) in [5, 5.41) is 2.92. The van der Waals surface area contributed by atoms with Gasteiger partial charge in [-0.05, 0) is 54.9 Å². The summed E-state index contributed by atoms with van der Waals surface area (Å²) in [5.74, 6) is -0.404. The van der Waals surface area contributed by atoms with Crippen molar-refractivity contribution in [3.05, 3.63) is 98.9 Å². The van der Waals surface area contributed by atoms with Gasteiger partial charge in [0.05, 0.1) is 4.91 Å². The molecule has 6 nitrogen and oxygen atoms in total. The Kier molecular flexibility index (Phi) is 7.58. The average molecular weight is 507 g/mol. The van der Waals surface area contributed by atoms with Crippen LogP contribution in [0, 0.1) is 13.8 Å². The molecule has 4 rings (SSSR count). The molecule has 35 heavy (non-hydrogen) atoms. The molecule has 0 bridgehead atoms. The highest BCUT2D eigenvalue weighted by Crippen LogP contribution is 2.34. The fourth-order valence-electron chi connectivity index (χ4n) is 3.61. The van der Waals surface area contributed by atoms with Gasteiger partial charge in [0.1, 0.15) is 18.9 Å². The Morgan fingerprint density at radius 1 is 1.00 bits per heavy atom. The van der Waals surface area contributed by atoms with E-state index < -0.39 is 17.1 Å². The van der Waals surface area contributed by atoms with Gasteiger partial charge < -0.3 is 10.1 Å². The molecule has 1 saturated heterocycles. The van der Waals surface area contributed by atoms with E-state index in [1.807, 2.05) is 62.4 Å². The Balaban J connectivity index is 1.47. The number of imide groups is 1. The fourth-order valence-corrected chi connectivity index (χ4v) is 4.63. The molecule has 1 N–H and O–H groups in total. The minimum atomic E-state index is -0.516. The summed E-state index contributed by atoms with van der Waals surface area (Å²) in [4.78, 5) is 39.3. The van der Waals surface area contributed by atoms with Gasteiger partial charge in [0, 0.05) is 21.8 Å². The summed E-state index contributed by atoms with van der Waals surface area (Å²) >= 11 is 7.01. The minimum Gasteiger partial charge on any atom is -0.488 e. The van der Waals surface area contributed by atoms with Crippen molar-refractivity contribution in [3.8, 4) is 5.75 Å². The van der Waals surface area contributed by atoms with Crippen molar-refractivity contribution in [2.24, 2.45) is 0 Å². The number of para-hydroxylation sites is 2. The molecule has 3 aromatic rings. The van der Waals surface area contributed by atoms with Crippen LogP contribution in [0.2, 0.25) is 5.02 Å². The van der Waals surface area contributed by atoms with Gasteiger partial charge in [0.2, 0.25) is 5.91 Å². The zero-order chi connectivity index (χ0) is 24.9. The smallest absolute Gasteiger partial charge is 0.294 e. The summed E-state index contributed by atoms with van der Waals surface area (Å²) in [6, 6.07) is 20.3. The Labute approximate surface area is 212 Å². The number of nitrogens with one attached hydrogen (secondary N) is 1. The van der Waals surface area contributed by atoms with Gasteiger partial charge in [-0.3, -0.25) is 19.3 Å². The molecule has 0 atom stereocenters. The maximum absolute atomic E-state index is 13.0. The Morgan fingerprint density at radius 2 is 1.69 bits per heavy atom. The first-order valence-corrected chi connectivity index (χ1v) is 12.1. The molecule has 0 aliphatic carbocycles. The quantitative estimate of drug-likeness (QED) is 0.385.